The van der Waals surface area contributed by atoms with Gasteiger partial charge in [0.25, 0.3) is 0 Å². The van der Waals surface area contributed by atoms with Crippen LogP contribution in [0.5, 0.6) is 0 Å². The molecule has 1 saturated carbocycles. The summed E-state index contributed by atoms with van der Waals surface area (Å²) in [5.41, 5.74) is -0.0648. The van der Waals surface area contributed by atoms with Crippen LogP contribution in [0.2, 0.25) is 0 Å². The van der Waals surface area contributed by atoms with Crippen molar-refractivity contribution in [3.05, 3.63) is 11.7 Å². The summed E-state index contributed by atoms with van der Waals surface area (Å²) >= 11 is 0. The summed E-state index contributed by atoms with van der Waals surface area (Å²) < 4.78 is 5.42. The van der Waals surface area contributed by atoms with E-state index >= 15 is 0 Å². The Kier molecular flexibility index (Phi) is 4.31. The number of hydrogen-bond acceptors (Lipinski definition) is 5. The largest absolute Gasteiger partial charge is 0.339 e. The van der Waals surface area contributed by atoms with Gasteiger partial charge in [-0.25, -0.2) is 0 Å². The highest BCUT2D eigenvalue weighted by Gasteiger charge is 2.32. The lowest BCUT2D eigenvalue weighted by Crippen LogP contribution is -2.37. The lowest BCUT2D eigenvalue weighted by molar-refractivity contribution is 0.184. The number of nitrogens with one attached hydrogen (secondary N) is 1. The molecule has 2 aliphatic rings. The summed E-state index contributed by atoms with van der Waals surface area (Å²) in [4.78, 5) is 7.17. The third kappa shape index (κ3) is 4.04. The van der Waals surface area contributed by atoms with Crippen molar-refractivity contribution < 1.29 is 4.52 Å². The van der Waals surface area contributed by atoms with Gasteiger partial charge in [-0.2, -0.15) is 4.98 Å². The summed E-state index contributed by atoms with van der Waals surface area (Å²) in [6.07, 6.45) is 5.25. The van der Waals surface area contributed by atoms with Gasteiger partial charge in [-0.1, -0.05) is 25.9 Å². The Morgan fingerprint density at radius 3 is 2.48 bits per heavy atom. The van der Waals surface area contributed by atoms with Crippen LogP contribution in [0.4, 0.5) is 0 Å². The summed E-state index contributed by atoms with van der Waals surface area (Å²) in [5.74, 6) is 2.41. The molecule has 0 bridgehead atoms. The molecule has 21 heavy (non-hydrogen) atoms. The van der Waals surface area contributed by atoms with E-state index in [1.165, 1.54) is 45.3 Å². The fourth-order valence-electron chi connectivity index (χ4n) is 2.98. The lowest BCUT2D eigenvalue weighted by Gasteiger charge is -2.29. The van der Waals surface area contributed by atoms with Crippen molar-refractivity contribution in [3.8, 4) is 0 Å². The van der Waals surface area contributed by atoms with Crippen LogP contribution >= 0.6 is 0 Å². The van der Waals surface area contributed by atoms with Crippen LogP contribution in [0.3, 0.4) is 0 Å². The molecule has 0 aromatic carbocycles. The van der Waals surface area contributed by atoms with Crippen molar-refractivity contribution in [2.75, 3.05) is 19.6 Å². The molecule has 1 aromatic rings. The molecule has 0 radical (unpaired) electrons. The van der Waals surface area contributed by atoms with Crippen molar-refractivity contribution >= 4 is 0 Å². The fraction of sp³-hybridized carbons (Fsp3) is 0.875. The number of hydrogen-bond donors (Lipinski definition) is 1. The fourth-order valence-corrected chi connectivity index (χ4v) is 2.98. The SMILES string of the molecule is CC(C)(C)c1nc(CN(CC2CCNCC2)C2CC2)no1. The van der Waals surface area contributed by atoms with Crippen LogP contribution in [-0.2, 0) is 12.0 Å². The van der Waals surface area contributed by atoms with Crippen LogP contribution in [0.25, 0.3) is 0 Å². The minimum atomic E-state index is -0.0648. The van der Waals surface area contributed by atoms with Gasteiger partial charge in [0.05, 0.1) is 6.54 Å². The Bertz CT molecular complexity index is 455. The minimum absolute atomic E-state index is 0.0648. The van der Waals surface area contributed by atoms with Crippen molar-refractivity contribution in [2.24, 2.45) is 5.92 Å². The van der Waals surface area contributed by atoms with Gasteiger partial charge in [0, 0.05) is 18.0 Å². The molecule has 0 atom stereocenters. The van der Waals surface area contributed by atoms with Gasteiger partial charge in [-0.3, -0.25) is 4.90 Å². The van der Waals surface area contributed by atoms with Gasteiger partial charge in [-0.05, 0) is 44.7 Å². The molecule has 1 aliphatic heterocycles. The molecule has 1 aromatic heterocycles. The van der Waals surface area contributed by atoms with Crippen molar-refractivity contribution in [1.82, 2.24) is 20.4 Å². The normalized spacial score (nSPS) is 21.1. The van der Waals surface area contributed by atoms with E-state index in [1.54, 1.807) is 0 Å². The monoisotopic (exact) mass is 292 g/mol. The number of rotatable bonds is 5. The second-order valence-electron chi connectivity index (χ2n) is 7.62. The summed E-state index contributed by atoms with van der Waals surface area (Å²) in [5, 5.41) is 7.63. The molecule has 2 heterocycles. The van der Waals surface area contributed by atoms with Crippen LogP contribution in [0.1, 0.15) is 58.2 Å². The highest BCUT2D eigenvalue weighted by atomic mass is 16.5. The first kappa shape index (κ1) is 15.0. The van der Waals surface area contributed by atoms with E-state index in [0.29, 0.717) is 0 Å². The quantitative estimate of drug-likeness (QED) is 0.902. The zero-order chi connectivity index (χ0) is 14.9. The maximum absolute atomic E-state index is 5.42. The first-order chi connectivity index (χ1) is 10.0. The molecule has 1 aliphatic carbocycles. The first-order valence-corrected chi connectivity index (χ1v) is 8.30. The third-order valence-electron chi connectivity index (χ3n) is 4.47. The Balaban J connectivity index is 1.61. The van der Waals surface area contributed by atoms with Crippen molar-refractivity contribution in [1.29, 1.82) is 0 Å². The maximum atomic E-state index is 5.42. The predicted octanol–water partition coefficient (Wildman–Crippen LogP) is 2.33. The van der Waals surface area contributed by atoms with E-state index in [0.717, 1.165) is 30.2 Å². The van der Waals surface area contributed by atoms with E-state index in [1.807, 2.05) is 0 Å². The molecule has 3 rings (SSSR count). The smallest absolute Gasteiger partial charge is 0.232 e. The lowest BCUT2D eigenvalue weighted by atomic mass is 9.97. The standard InChI is InChI=1S/C16H28N4O/c1-16(2,3)15-18-14(19-21-15)11-20(13-4-5-13)10-12-6-8-17-9-7-12/h12-13,17H,4-11H2,1-3H3. The van der Waals surface area contributed by atoms with Crippen molar-refractivity contribution in [3.63, 3.8) is 0 Å². The zero-order valence-corrected chi connectivity index (χ0v) is 13.6. The topological polar surface area (TPSA) is 54.2 Å². The molecular formula is C16H28N4O. The Labute approximate surface area is 127 Å². The second-order valence-corrected chi connectivity index (χ2v) is 7.62. The zero-order valence-electron chi connectivity index (χ0n) is 13.6. The first-order valence-electron chi connectivity index (χ1n) is 8.30. The van der Waals surface area contributed by atoms with Crippen LogP contribution < -0.4 is 5.32 Å². The molecule has 0 unspecified atom stereocenters. The van der Waals surface area contributed by atoms with Gasteiger partial charge >= 0.3 is 0 Å². The van der Waals surface area contributed by atoms with Gasteiger partial charge in [0.1, 0.15) is 0 Å². The number of aromatic nitrogens is 2. The Hall–Kier alpha value is -0.940. The van der Waals surface area contributed by atoms with Crippen LogP contribution in [0, 0.1) is 5.92 Å². The predicted molar refractivity (Wildman–Crippen MR) is 82.0 cm³/mol. The van der Waals surface area contributed by atoms with E-state index in [4.69, 9.17) is 4.52 Å². The summed E-state index contributed by atoms with van der Waals surface area (Å²) in [6.45, 7) is 10.7. The third-order valence-corrected chi connectivity index (χ3v) is 4.47. The maximum Gasteiger partial charge on any atom is 0.232 e. The van der Waals surface area contributed by atoms with Gasteiger partial charge in [0.15, 0.2) is 5.82 Å². The summed E-state index contributed by atoms with van der Waals surface area (Å²) in [6, 6.07) is 0.747. The molecule has 118 valence electrons. The molecule has 2 fully saturated rings. The molecular weight excluding hydrogens is 264 g/mol. The molecule has 1 N–H and O–H groups in total. The minimum Gasteiger partial charge on any atom is -0.339 e. The molecule has 0 spiro atoms. The van der Waals surface area contributed by atoms with E-state index < -0.39 is 0 Å². The highest BCUT2D eigenvalue weighted by Crippen LogP contribution is 2.30. The Morgan fingerprint density at radius 1 is 1.19 bits per heavy atom. The molecule has 1 saturated heterocycles. The molecule has 0 amide bonds. The molecule has 5 nitrogen and oxygen atoms in total. The summed E-state index contributed by atoms with van der Waals surface area (Å²) in [7, 11) is 0. The van der Waals surface area contributed by atoms with Crippen LogP contribution in [0.15, 0.2) is 4.52 Å². The van der Waals surface area contributed by atoms with Gasteiger partial charge < -0.3 is 9.84 Å². The second kappa shape index (κ2) is 6.05. The Morgan fingerprint density at radius 2 is 1.90 bits per heavy atom. The number of nitrogens with zero attached hydrogens (tertiary/aromatic N) is 3. The van der Waals surface area contributed by atoms with E-state index in [-0.39, 0.29) is 5.41 Å². The van der Waals surface area contributed by atoms with Gasteiger partial charge in [0.2, 0.25) is 5.89 Å². The van der Waals surface area contributed by atoms with Crippen LogP contribution in [-0.4, -0.2) is 40.7 Å². The average Bonchev–Trinajstić information content (AvgIpc) is 3.17. The van der Waals surface area contributed by atoms with Gasteiger partial charge in [-0.15, -0.1) is 0 Å². The average molecular weight is 292 g/mol. The van der Waals surface area contributed by atoms with Crippen molar-refractivity contribution in [2.45, 2.75) is 64.5 Å². The molecule has 5 heteroatoms. The van der Waals surface area contributed by atoms with E-state index in [2.05, 4.69) is 41.1 Å². The van der Waals surface area contributed by atoms with E-state index in [9.17, 15) is 0 Å². The number of piperidine rings is 1. The highest BCUT2D eigenvalue weighted by molar-refractivity contribution is 4.99.